The van der Waals surface area contributed by atoms with Gasteiger partial charge in [-0.2, -0.15) is 18.4 Å². The Morgan fingerprint density at radius 2 is 1.78 bits per heavy atom. The van der Waals surface area contributed by atoms with Crippen molar-refractivity contribution in [2.24, 2.45) is 5.41 Å². The number of carbonyl (C=O) groups excluding carboxylic acids is 1. The van der Waals surface area contributed by atoms with Crippen LogP contribution in [0.3, 0.4) is 0 Å². The fourth-order valence-corrected chi connectivity index (χ4v) is 3.10. The summed E-state index contributed by atoms with van der Waals surface area (Å²) in [6.45, 7) is 3.32. The number of rotatable bonds is 5. The summed E-state index contributed by atoms with van der Waals surface area (Å²) in [6.07, 6.45) is -4.69. The minimum atomic E-state index is -4.69. The lowest BCUT2D eigenvalue weighted by Gasteiger charge is -2.23. The predicted octanol–water partition coefficient (Wildman–Crippen LogP) is 5.47. The molecule has 2 aromatic carbocycles. The van der Waals surface area contributed by atoms with Gasteiger partial charge in [0.25, 0.3) is 0 Å². The van der Waals surface area contributed by atoms with Crippen LogP contribution < -0.4 is 5.32 Å². The molecule has 0 bridgehead atoms. The van der Waals surface area contributed by atoms with Crippen molar-refractivity contribution < 1.29 is 22.4 Å². The molecule has 1 amide bonds. The second-order valence-electron chi connectivity index (χ2n) is 6.45. The summed E-state index contributed by atoms with van der Waals surface area (Å²) in [5, 5.41) is 11.3. The highest BCUT2D eigenvalue weighted by atomic mass is 32.2. The molecule has 0 aliphatic heterocycles. The van der Waals surface area contributed by atoms with Crippen LogP contribution in [0.5, 0.6) is 0 Å². The highest BCUT2D eigenvalue weighted by molar-refractivity contribution is 7.99. The molecule has 142 valence electrons. The topological polar surface area (TPSA) is 52.9 Å². The lowest BCUT2D eigenvalue weighted by molar-refractivity contribution is -0.137. The highest BCUT2D eigenvalue weighted by Crippen LogP contribution is 2.34. The number of thioether (sulfide) groups is 1. The van der Waals surface area contributed by atoms with Gasteiger partial charge in [0, 0.05) is 16.3 Å². The number of hydrogen-bond donors (Lipinski definition) is 1. The molecule has 0 fully saturated rings. The second kappa shape index (κ2) is 8.01. The smallest absolute Gasteiger partial charge is 0.326 e. The lowest BCUT2D eigenvalue weighted by Crippen LogP contribution is -2.33. The SMILES string of the molecule is CC(C)(CSc1ccc(F)cc1)C(=O)Nc1ccc(C#N)c(C(F)(F)F)c1. The van der Waals surface area contributed by atoms with Gasteiger partial charge in [-0.05, 0) is 42.5 Å². The van der Waals surface area contributed by atoms with Gasteiger partial charge in [-0.15, -0.1) is 11.8 Å². The Labute approximate surface area is 158 Å². The number of benzene rings is 2. The van der Waals surface area contributed by atoms with Crippen LogP contribution in [0, 0.1) is 22.6 Å². The van der Waals surface area contributed by atoms with E-state index < -0.39 is 28.6 Å². The van der Waals surface area contributed by atoms with Crippen LogP contribution in [-0.4, -0.2) is 11.7 Å². The van der Waals surface area contributed by atoms with E-state index in [0.29, 0.717) is 5.75 Å². The zero-order valence-corrected chi connectivity index (χ0v) is 15.3. The summed E-state index contributed by atoms with van der Waals surface area (Å²) in [5.74, 6) is -0.486. The average molecular weight is 396 g/mol. The van der Waals surface area contributed by atoms with Crippen LogP contribution >= 0.6 is 11.8 Å². The van der Waals surface area contributed by atoms with Crippen molar-refractivity contribution in [3.05, 3.63) is 59.4 Å². The molecule has 0 aromatic heterocycles. The number of alkyl halides is 3. The van der Waals surface area contributed by atoms with Gasteiger partial charge in [-0.1, -0.05) is 13.8 Å². The van der Waals surface area contributed by atoms with E-state index in [1.165, 1.54) is 36.0 Å². The first-order valence-corrected chi connectivity index (χ1v) is 8.83. The molecule has 3 nitrogen and oxygen atoms in total. The molecule has 2 rings (SSSR count). The zero-order valence-electron chi connectivity index (χ0n) is 14.5. The third-order valence-corrected chi connectivity index (χ3v) is 5.20. The Morgan fingerprint density at radius 1 is 1.15 bits per heavy atom. The first-order valence-electron chi connectivity index (χ1n) is 7.84. The molecule has 0 aliphatic carbocycles. The summed E-state index contributed by atoms with van der Waals surface area (Å²) >= 11 is 1.34. The summed E-state index contributed by atoms with van der Waals surface area (Å²) in [6, 6.07) is 10.3. The molecular weight excluding hydrogens is 380 g/mol. The molecule has 8 heteroatoms. The van der Waals surface area contributed by atoms with Crippen molar-refractivity contribution in [1.29, 1.82) is 5.26 Å². The number of nitrogens with one attached hydrogen (secondary N) is 1. The summed E-state index contributed by atoms with van der Waals surface area (Å²) < 4.78 is 52.0. The van der Waals surface area contributed by atoms with Crippen LogP contribution in [0.1, 0.15) is 25.0 Å². The van der Waals surface area contributed by atoms with E-state index in [0.717, 1.165) is 17.0 Å². The van der Waals surface area contributed by atoms with Crippen LogP contribution in [0.4, 0.5) is 23.2 Å². The van der Waals surface area contributed by atoms with E-state index in [9.17, 15) is 22.4 Å². The van der Waals surface area contributed by atoms with Gasteiger partial charge >= 0.3 is 6.18 Å². The van der Waals surface area contributed by atoms with E-state index in [4.69, 9.17) is 5.26 Å². The standard InChI is InChI=1S/C19H16F4N2OS/c1-18(2,11-27-15-7-4-13(20)5-8-15)17(26)25-14-6-3-12(10-24)16(9-14)19(21,22)23/h3-9H,11H2,1-2H3,(H,25,26). The van der Waals surface area contributed by atoms with E-state index in [-0.39, 0.29) is 11.5 Å². The van der Waals surface area contributed by atoms with Crippen molar-refractivity contribution in [1.82, 2.24) is 0 Å². The fraction of sp³-hybridized carbons (Fsp3) is 0.263. The monoisotopic (exact) mass is 396 g/mol. The van der Waals surface area contributed by atoms with Gasteiger partial charge in [0.05, 0.1) is 22.6 Å². The molecule has 0 saturated heterocycles. The van der Waals surface area contributed by atoms with Crippen molar-refractivity contribution in [2.75, 3.05) is 11.1 Å². The largest absolute Gasteiger partial charge is 0.417 e. The lowest BCUT2D eigenvalue weighted by atomic mass is 9.95. The molecule has 27 heavy (non-hydrogen) atoms. The Balaban J connectivity index is 2.11. The quantitative estimate of drug-likeness (QED) is 0.538. The van der Waals surface area contributed by atoms with Crippen LogP contribution in [0.25, 0.3) is 0 Å². The van der Waals surface area contributed by atoms with Crippen molar-refractivity contribution in [3.63, 3.8) is 0 Å². The Kier molecular flexibility index (Phi) is 6.16. The van der Waals surface area contributed by atoms with Crippen LogP contribution in [-0.2, 0) is 11.0 Å². The maximum absolute atomic E-state index is 13.0. The second-order valence-corrected chi connectivity index (χ2v) is 7.50. The molecule has 0 heterocycles. The molecule has 0 spiro atoms. The van der Waals surface area contributed by atoms with Crippen molar-refractivity contribution >= 4 is 23.4 Å². The van der Waals surface area contributed by atoms with Crippen LogP contribution in [0.15, 0.2) is 47.4 Å². The van der Waals surface area contributed by atoms with Crippen molar-refractivity contribution in [2.45, 2.75) is 24.9 Å². The summed E-state index contributed by atoms with van der Waals surface area (Å²) in [7, 11) is 0. The Hall–Kier alpha value is -2.53. The Morgan fingerprint density at radius 3 is 2.33 bits per heavy atom. The maximum Gasteiger partial charge on any atom is 0.417 e. The van der Waals surface area contributed by atoms with Gasteiger partial charge in [-0.25, -0.2) is 4.39 Å². The normalized spacial score (nSPS) is 11.7. The minimum Gasteiger partial charge on any atom is -0.326 e. The van der Waals surface area contributed by atoms with Gasteiger partial charge in [0.15, 0.2) is 0 Å². The first-order chi connectivity index (χ1) is 12.5. The minimum absolute atomic E-state index is 0.0359. The molecule has 1 N–H and O–H groups in total. The third kappa shape index (κ3) is 5.47. The number of nitriles is 1. The van der Waals surface area contributed by atoms with Gasteiger partial charge in [-0.3, -0.25) is 4.79 Å². The Bertz CT molecular complexity index is 871. The highest BCUT2D eigenvalue weighted by Gasteiger charge is 2.34. The molecule has 2 aromatic rings. The molecule has 0 unspecified atom stereocenters. The van der Waals surface area contributed by atoms with Gasteiger partial charge < -0.3 is 5.32 Å². The number of anilines is 1. The van der Waals surface area contributed by atoms with E-state index in [1.54, 1.807) is 26.0 Å². The van der Waals surface area contributed by atoms with E-state index in [2.05, 4.69) is 5.32 Å². The number of nitrogens with zero attached hydrogens (tertiary/aromatic N) is 1. The number of hydrogen-bond acceptors (Lipinski definition) is 3. The fourth-order valence-electron chi connectivity index (χ4n) is 2.11. The first kappa shape index (κ1) is 20.8. The van der Waals surface area contributed by atoms with E-state index >= 15 is 0 Å². The summed E-state index contributed by atoms with van der Waals surface area (Å²) in [4.78, 5) is 13.3. The third-order valence-electron chi connectivity index (χ3n) is 3.73. The molecule has 0 saturated carbocycles. The molecule has 0 radical (unpaired) electrons. The summed E-state index contributed by atoms with van der Waals surface area (Å²) in [5.41, 5.74) is -2.54. The van der Waals surface area contributed by atoms with Gasteiger partial charge in [0.1, 0.15) is 5.82 Å². The molecule has 0 atom stereocenters. The number of carbonyl (C=O) groups is 1. The average Bonchev–Trinajstić information content (AvgIpc) is 2.60. The van der Waals surface area contributed by atoms with Crippen molar-refractivity contribution in [3.8, 4) is 6.07 Å². The zero-order chi connectivity index (χ0) is 20.2. The molecular formula is C19H16F4N2OS. The maximum atomic E-state index is 13.0. The van der Waals surface area contributed by atoms with E-state index in [1.807, 2.05) is 0 Å². The van der Waals surface area contributed by atoms with Gasteiger partial charge in [0.2, 0.25) is 5.91 Å². The van der Waals surface area contributed by atoms with Crippen LogP contribution in [0.2, 0.25) is 0 Å². The number of halogens is 4. The predicted molar refractivity (Wildman–Crippen MR) is 95.7 cm³/mol. The number of amides is 1. The molecule has 0 aliphatic rings.